The number of nitrogens with one attached hydrogen (secondary N) is 2. The number of aromatic nitrogens is 2. The van der Waals surface area contributed by atoms with Crippen molar-refractivity contribution in [1.29, 1.82) is 0 Å². The molecule has 72 valence electrons. The van der Waals surface area contributed by atoms with E-state index in [0.717, 1.165) is 13.0 Å². The summed E-state index contributed by atoms with van der Waals surface area (Å²) in [7, 11) is 1.60. The SMILES string of the molecule is CNC(=O)NCCCn1cccn1. The average Bonchev–Trinajstić information content (AvgIpc) is 2.64. The molecular formula is C8H14N4O. The largest absolute Gasteiger partial charge is 0.341 e. The third-order valence-corrected chi connectivity index (χ3v) is 1.64. The van der Waals surface area contributed by atoms with E-state index in [1.165, 1.54) is 0 Å². The minimum atomic E-state index is -0.138. The second-order valence-corrected chi connectivity index (χ2v) is 2.63. The van der Waals surface area contributed by atoms with E-state index in [1.807, 2.05) is 16.9 Å². The first-order valence-corrected chi connectivity index (χ1v) is 4.26. The van der Waals surface area contributed by atoms with E-state index in [4.69, 9.17) is 0 Å². The molecule has 0 aromatic carbocycles. The summed E-state index contributed by atoms with van der Waals surface area (Å²) in [4.78, 5) is 10.7. The van der Waals surface area contributed by atoms with Crippen molar-refractivity contribution in [3.8, 4) is 0 Å². The molecule has 0 aliphatic rings. The zero-order valence-corrected chi connectivity index (χ0v) is 7.66. The van der Waals surface area contributed by atoms with Crippen LogP contribution in [0.1, 0.15) is 6.42 Å². The summed E-state index contributed by atoms with van der Waals surface area (Å²) in [6.45, 7) is 1.50. The third kappa shape index (κ3) is 3.59. The highest BCUT2D eigenvalue weighted by Gasteiger charge is 1.94. The third-order valence-electron chi connectivity index (χ3n) is 1.64. The molecule has 5 nitrogen and oxygen atoms in total. The fourth-order valence-corrected chi connectivity index (χ4v) is 0.964. The monoisotopic (exact) mass is 182 g/mol. The van der Waals surface area contributed by atoms with Crippen LogP contribution in [0, 0.1) is 0 Å². The Morgan fingerprint density at radius 2 is 2.46 bits per heavy atom. The van der Waals surface area contributed by atoms with Crippen LogP contribution in [0.4, 0.5) is 4.79 Å². The molecular weight excluding hydrogens is 168 g/mol. The Bertz CT molecular complexity index is 245. The van der Waals surface area contributed by atoms with E-state index in [0.29, 0.717) is 6.54 Å². The fraction of sp³-hybridized carbons (Fsp3) is 0.500. The van der Waals surface area contributed by atoms with Gasteiger partial charge in [-0.05, 0) is 12.5 Å². The molecule has 0 fully saturated rings. The van der Waals surface area contributed by atoms with E-state index < -0.39 is 0 Å². The van der Waals surface area contributed by atoms with Gasteiger partial charge in [-0.1, -0.05) is 0 Å². The highest BCUT2D eigenvalue weighted by Crippen LogP contribution is 1.87. The van der Waals surface area contributed by atoms with Crippen molar-refractivity contribution in [3.63, 3.8) is 0 Å². The molecule has 5 heteroatoms. The lowest BCUT2D eigenvalue weighted by molar-refractivity contribution is 0.242. The quantitative estimate of drug-likeness (QED) is 0.653. The summed E-state index contributed by atoms with van der Waals surface area (Å²) in [5.74, 6) is 0. The van der Waals surface area contributed by atoms with Crippen LogP contribution in [0.25, 0.3) is 0 Å². The molecule has 0 radical (unpaired) electrons. The second kappa shape index (κ2) is 5.18. The summed E-state index contributed by atoms with van der Waals surface area (Å²) in [5, 5.41) is 9.23. The molecule has 1 aromatic heterocycles. The van der Waals surface area contributed by atoms with Crippen molar-refractivity contribution in [2.75, 3.05) is 13.6 Å². The zero-order valence-electron chi connectivity index (χ0n) is 7.66. The lowest BCUT2D eigenvalue weighted by Crippen LogP contribution is -2.33. The number of hydrogen-bond acceptors (Lipinski definition) is 2. The topological polar surface area (TPSA) is 59.0 Å². The average molecular weight is 182 g/mol. The van der Waals surface area contributed by atoms with Crippen LogP contribution in [0.15, 0.2) is 18.5 Å². The molecule has 13 heavy (non-hydrogen) atoms. The number of hydrogen-bond donors (Lipinski definition) is 2. The minimum Gasteiger partial charge on any atom is -0.341 e. The number of aryl methyl sites for hydroxylation is 1. The molecule has 0 aliphatic heterocycles. The van der Waals surface area contributed by atoms with Gasteiger partial charge in [0.25, 0.3) is 0 Å². The highest BCUT2D eigenvalue weighted by atomic mass is 16.2. The number of nitrogens with zero attached hydrogens (tertiary/aromatic N) is 2. The van der Waals surface area contributed by atoms with E-state index in [1.54, 1.807) is 13.2 Å². The van der Waals surface area contributed by atoms with Crippen molar-refractivity contribution in [1.82, 2.24) is 20.4 Å². The molecule has 0 atom stereocenters. The number of urea groups is 1. The highest BCUT2D eigenvalue weighted by molar-refractivity contribution is 5.73. The maximum atomic E-state index is 10.7. The van der Waals surface area contributed by atoms with Gasteiger partial charge >= 0.3 is 6.03 Å². The van der Waals surface area contributed by atoms with Gasteiger partial charge < -0.3 is 10.6 Å². The van der Waals surface area contributed by atoms with Gasteiger partial charge in [-0.15, -0.1) is 0 Å². The van der Waals surface area contributed by atoms with Crippen LogP contribution in [-0.4, -0.2) is 29.4 Å². The van der Waals surface area contributed by atoms with E-state index in [-0.39, 0.29) is 6.03 Å². The Kier molecular flexibility index (Phi) is 3.81. The van der Waals surface area contributed by atoms with Crippen molar-refractivity contribution in [2.24, 2.45) is 0 Å². The van der Waals surface area contributed by atoms with Gasteiger partial charge in [-0.2, -0.15) is 5.10 Å². The van der Waals surface area contributed by atoms with Crippen molar-refractivity contribution in [2.45, 2.75) is 13.0 Å². The number of rotatable bonds is 4. The zero-order chi connectivity index (χ0) is 9.52. The first-order valence-electron chi connectivity index (χ1n) is 4.26. The maximum Gasteiger partial charge on any atom is 0.314 e. The van der Waals surface area contributed by atoms with Gasteiger partial charge in [0.2, 0.25) is 0 Å². The van der Waals surface area contributed by atoms with Gasteiger partial charge in [0.15, 0.2) is 0 Å². The smallest absolute Gasteiger partial charge is 0.314 e. The molecule has 0 bridgehead atoms. The molecule has 1 aromatic rings. The Hall–Kier alpha value is -1.52. The summed E-state index contributed by atoms with van der Waals surface area (Å²) in [5.41, 5.74) is 0. The molecule has 1 heterocycles. The fourth-order valence-electron chi connectivity index (χ4n) is 0.964. The van der Waals surface area contributed by atoms with Crippen LogP contribution in [0.3, 0.4) is 0 Å². The van der Waals surface area contributed by atoms with Crippen LogP contribution in [0.5, 0.6) is 0 Å². The number of amides is 2. The summed E-state index contributed by atoms with van der Waals surface area (Å²) < 4.78 is 1.84. The molecule has 0 saturated heterocycles. The molecule has 0 spiro atoms. The second-order valence-electron chi connectivity index (χ2n) is 2.63. The normalized spacial score (nSPS) is 9.62. The first kappa shape index (κ1) is 9.57. The van der Waals surface area contributed by atoms with Crippen LogP contribution >= 0.6 is 0 Å². The number of carbonyl (C=O) groups is 1. The molecule has 0 saturated carbocycles. The number of carbonyl (C=O) groups excluding carboxylic acids is 1. The molecule has 1 rings (SSSR count). The molecule has 2 amide bonds. The van der Waals surface area contributed by atoms with E-state index >= 15 is 0 Å². The predicted octanol–water partition coefficient (Wildman–Crippen LogP) is 0.202. The Labute approximate surface area is 77.1 Å². The van der Waals surface area contributed by atoms with Gasteiger partial charge in [-0.3, -0.25) is 4.68 Å². The Balaban J connectivity index is 2.05. The summed E-state index contributed by atoms with van der Waals surface area (Å²) >= 11 is 0. The van der Waals surface area contributed by atoms with Crippen LogP contribution in [0.2, 0.25) is 0 Å². The van der Waals surface area contributed by atoms with Crippen LogP contribution in [-0.2, 0) is 6.54 Å². The predicted molar refractivity (Wildman–Crippen MR) is 49.3 cm³/mol. The maximum absolute atomic E-state index is 10.7. The van der Waals surface area contributed by atoms with Gasteiger partial charge in [0.05, 0.1) is 0 Å². The summed E-state index contributed by atoms with van der Waals surface area (Å²) in [6, 6.07) is 1.74. The molecule has 0 aliphatic carbocycles. The van der Waals surface area contributed by atoms with Crippen molar-refractivity contribution in [3.05, 3.63) is 18.5 Å². The molecule has 0 unspecified atom stereocenters. The molecule has 2 N–H and O–H groups in total. The van der Waals surface area contributed by atoms with Crippen LogP contribution < -0.4 is 10.6 Å². The van der Waals surface area contributed by atoms with Crippen molar-refractivity contribution >= 4 is 6.03 Å². The lowest BCUT2D eigenvalue weighted by atomic mass is 10.4. The van der Waals surface area contributed by atoms with Gasteiger partial charge in [0, 0.05) is 32.5 Å². The first-order chi connectivity index (χ1) is 6.33. The Morgan fingerprint density at radius 1 is 1.62 bits per heavy atom. The van der Waals surface area contributed by atoms with E-state index in [9.17, 15) is 4.79 Å². The standard InChI is InChI=1S/C8H14N4O/c1-9-8(13)10-4-2-6-12-7-3-5-11-12/h3,5,7H,2,4,6H2,1H3,(H2,9,10,13). The van der Waals surface area contributed by atoms with Gasteiger partial charge in [0.1, 0.15) is 0 Å². The van der Waals surface area contributed by atoms with Gasteiger partial charge in [-0.25, -0.2) is 4.79 Å². The minimum absolute atomic E-state index is 0.138. The summed E-state index contributed by atoms with van der Waals surface area (Å²) in [6.07, 6.45) is 4.53. The Morgan fingerprint density at radius 3 is 3.08 bits per heavy atom. The van der Waals surface area contributed by atoms with Crippen molar-refractivity contribution < 1.29 is 4.79 Å². The van der Waals surface area contributed by atoms with E-state index in [2.05, 4.69) is 15.7 Å². The lowest BCUT2D eigenvalue weighted by Gasteiger charge is -2.03.